The molecule has 6 rings (SSSR count). The van der Waals surface area contributed by atoms with E-state index in [2.05, 4.69) is 5.32 Å². The number of aliphatic hydroxyl groups is 1. The average molecular weight is 760 g/mol. The Labute approximate surface area is 317 Å². The van der Waals surface area contributed by atoms with Crippen LogP contribution in [-0.4, -0.2) is 77.7 Å². The van der Waals surface area contributed by atoms with Crippen molar-refractivity contribution in [3.8, 4) is 17.2 Å². The van der Waals surface area contributed by atoms with Gasteiger partial charge >= 0.3 is 12.1 Å². The normalized spacial score (nSPS) is 15.0. The molecule has 0 aliphatic carbocycles. The second-order valence-electron chi connectivity index (χ2n) is 13.7. The molecule has 2 heterocycles. The number of carboxylic acids is 1. The third-order valence-electron chi connectivity index (χ3n) is 9.97. The van der Waals surface area contributed by atoms with Gasteiger partial charge in [-0.15, -0.1) is 0 Å². The summed E-state index contributed by atoms with van der Waals surface area (Å²) in [6, 6.07) is 26.6. The summed E-state index contributed by atoms with van der Waals surface area (Å²) in [5.41, 5.74) is -0.432. The molecular formula is C42H44F3N3O7. The summed E-state index contributed by atoms with van der Waals surface area (Å²) in [5.74, 6) is -0.266. The number of likely N-dealkylation sites (tertiary alicyclic amines) is 1. The van der Waals surface area contributed by atoms with E-state index >= 15 is 13.2 Å². The predicted molar refractivity (Wildman–Crippen MR) is 201 cm³/mol. The Morgan fingerprint density at radius 2 is 1.47 bits per heavy atom. The SMILES string of the molecule is COc1cc(CCC(=O)O)cc(OC)c1OC1CCN(CC(O)(c2cn(Cc3ccccc3)c3cc(C(=O)NCc4ccccc4)ccc23)C(F)(F)F)CC1. The number of piperidine rings is 1. The number of aliphatic carboxylic acids is 1. The van der Waals surface area contributed by atoms with Crippen molar-refractivity contribution < 1.29 is 47.2 Å². The van der Waals surface area contributed by atoms with Crippen molar-refractivity contribution in [1.29, 1.82) is 0 Å². The number of fused-ring (bicyclic) bond motifs is 1. The Hall–Kier alpha value is -5.53. The highest BCUT2D eigenvalue weighted by molar-refractivity contribution is 5.99. The number of ether oxygens (including phenoxy) is 3. The first kappa shape index (κ1) is 39.2. The number of nitrogens with zero attached hydrogens (tertiary/aromatic N) is 2. The molecule has 290 valence electrons. The fourth-order valence-electron chi connectivity index (χ4n) is 7.00. The molecule has 5 aromatic rings. The number of carbonyl (C=O) groups excluding carboxylic acids is 1. The maximum Gasteiger partial charge on any atom is 0.422 e. The lowest BCUT2D eigenvalue weighted by Gasteiger charge is -2.39. The Morgan fingerprint density at radius 1 is 0.855 bits per heavy atom. The van der Waals surface area contributed by atoms with Crippen LogP contribution in [0.5, 0.6) is 17.2 Å². The number of aryl methyl sites for hydroxylation is 1. The Balaban J connectivity index is 1.24. The second-order valence-corrected chi connectivity index (χ2v) is 13.7. The number of hydrogen-bond donors (Lipinski definition) is 3. The molecular weight excluding hydrogens is 715 g/mol. The molecule has 0 saturated carbocycles. The van der Waals surface area contributed by atoms with Crippen LogP contribution in [0.3, 0.4) is 0 Å². The van der Waals surface area contributed by atoms with E-state index in [1.165, 1.54) is 32.5 Å². The molecule has 1 amide bonds. The summed E-state index contributed by atoms with van der Waals surface area (Å²) in [7, 11) is 2.92. The highest BCUT2D eigenvalue weighted by atomic mass is 19.4. The summed E-state index contributed by atoms with van der Waals surface area (Å²) in [5, 5.41) is 24.0. The molecule has 1 unspecified atom stereocenters. The van der Waals surface area contributed by atoms with Gasteiger partial charge in [-0.05, 0) is 60.2 Å². The van der Waals surface area contributed by atoms with E-state index in [-0.39, 0.29) is 67.5 Å². The van der Waals surface area contributed by atoms with Crippen molar-refractivity contribution in [3.63, 3.8) is 0 Å². The summed E-state index contributed by atoms with van der Waals surface area (Å²) < 4.78 is 64.6. The van der Waals surface area contributed by atoms with E-state index < -0.39 is 24.3 Å². The number of aromatic nitrogens is 1. The van der Waals surface area contributed by atoms with Crippen LogP contribution in [0.1, 0.15) is 51.9 Å². The topological polar surface area (TPSA) is 122 Å². The first-order chi connectivity index (χ1) is 26.4. The third-order valence-corrected chi connectivity index (χ3v) is 9.97. The van der Waals surface area contributed by atoms with Crippen LogP contribution < -0.4 is 19.5 Å². The lowest BCUT2D eigenvalue weighted by Crippen LogP contribution is -2.53. The van der Waals surface area contributed by atoms with Gasteiger partial charge in [-0.25, -0.2) is 0 Å². The van der Waals surface area contributed by atoms with E-state index in [4.69, 9.17) is 19.3 Å². The zero-order chi connectivity index (χ0) is 39.2. The fraction of sp³-hybridized carbons (Fsp3) is 0.333. The number of benzene rings is 4. The molecule has 10 nitrogen and oxygen atoms in total. The molecule has 3 N–H and O–H groups in total. The highest BCUT2D eigenvalue weighted by Gasteiger charge is 2.57. The van der Waals surface area contributed by atoms with Gasteiger partial charge in [-0.3, -0.25) is 14.5 Å². The number of halogens is 3. The van der Waals surface area contributed by atoms with Gasteiger partial charge in [0.05, 0.1) is 14.2 Å². The molecule has 55 heavy (non-hydrogen) atoms. The number of alkyl halides is 3. The molecule has 0 radical (unpaired) electrons. The van der Waals surface area contributed by atoms with Gasteiger partial charge < -0.3 is 34.3 Å². The summed E-state index contributed by atoms with van der Waals surface area (Å²) in [6.45, 7) is 0.206. The number of nitrogens with one attached hydrogen (secondary N) is 1. The molecule has 1 aliphatic heterocycles. The average Bonchev–Trinajstić information content (AvgIpc) is 3.55. The van der Waals surface area contributed by atoms with E-state index in [1.54, 1.807) is 27.7 Å². The standard InChI is InChI=1S/C42H44F3N3O7/c1-53-36-21-30(13-16-38(49)50)22-37(54-2)39(36)55-32-17-19-47(20-18-32)27-41(52,42(43,44)45)34-26-48(25-29-11-7-4-8-12-29)35-23-31(14-15-33(34)35)40(51)46-24-28-9-5-3-6-10-28/h3-12,14-15,21-23,26,32,52H,13,16-20,24-25,27H2,1-2H3,(H,46,51)(H,49,50). The van der Waals surface area contributed by atoms with Crippen molar-refractivity contribution in [2.75, 3.05) is 33.9 Å². The van der Waals surface area contributed by atoms with E-state index in [9.17, 15) is 14.7 Å². The molecule has 0 bridgehead atoms. The molecule has 4 aromatic carbocycles. The zero-order valence-electron chi connectivity index (χ0n) is 30.6. The number of carbonyl (C=O) groups is 2. The molecule has 1 saturated heterocycles. The fourth-order valence-corrected chi connectivity index (χ4v) is 7.00. The lowest BCUT2D eigenvalue weighted by atomic mass is 9.90. The lowest BCUT2D eigenvalue weighted by molar-refractivity contribution is -0.272. The van der Waals surface area contributed by atoms with E-state index in [0.29, 0.717) is 41.2 Å². The molecule has 0 spiro atoms. The minimum absolute atomic E-state index is 0.0732. The summed E-state index contributed by atoms with van der Waals surface area (Å²) >= 11 is 0. The van der Waals surface area contributed by atoms with Crippen molar-refractivity contribution in [2.24, 2.45) is 0 Å². The van der Waals surface area contributed by atoms with Crippen molar-refractivity contribution in [2.45, 2.75) is 56.7 Å². The summed E-state index contributed by atoms with van der Waals surface area (Å²) in [6.07, 6.45) is -3.17. The zero-order valence-corrected chi connectivity index (χ0v) is 30.6. The Morgan fingerprint density at radius 3 is 2.05 bits per heavy atom. The van der Waals surface area contributed by atoms with Crippen molar-refractivity contribution >= 4 is 22.8 Å². The maximum atomic E-state index is 15.2. The predicted octanol–water partition coefficient (Wildman–Crippen LogP) is 6.95. The number of hydrogen-bond acceptors (Lipinski definition) is 7. The Bertz CT molecular complexity index is 2070. The minimum Gasteiger partial charge on any atom is -0.493 e. The monoisotopic (exact) mass is 759 g/mol. The van der Waals surface area contributed by atoms with Crippen LogP contribution in [-0.2, 0) is 29.9 Å². The number of rotatable bonds is 15. The van der Waals surface area contributed by atoms with Crippen molar-refractivity contribution in [1.82, 2.24) is 14.8 Å². The van der Waals surface area contributed by atoms with Gasteiger partial charge in [0.1, 0.15) is 6.10 Å². The first-order valence-corrected chi connectivity index (χ1v) is 18.0. The second kappa shape index (κ2) is 16.9. The number of carboxylic acid groups (broad SMARTS) is 1. The van der Waals surface area contributed by atoms with Crippen LogP contribution in [0, 0.1) is 0 Å². The maximum absolute atomic E-state index is 15.2. The smallest absolute Gasteiger partial charge is 0.422 e. The number of amides is 1. The van der Waals surface area contributed by atoms with Crippen LogP contribution in [0.2, 0.25) is 0 Å². The van der Waals surface area contributed by atoms with Gasteiger partial charge in [-0.2, -0.15) is 13.2 Å². The van der Waals surface area contributed by atoms with E-state index in [0.717, 1.165) is 11.1 Å². The van der Waals surface area contributed by atoms with Crippen molar-refractivity contribution in [3.05, 3.63) is 125 Å². The van der Waals surface area contributed by atoms with Gasteiger partial charge in [-0.1, -0.05) is 66.7 Å². The molecule has 1 aliphatic rings. The minimum atomic E-state index is -5.04. The van der Waals surface area contributed by atoms with E-state index in [1.807, 2.05) is 60.7 Å². The van der Waals surface area contributed by atoms with Gasteiger partial charge in [0.25, 0.3) is 5.91 Å². The number of β-amino-alcohol motifs (C(OH)–C–C–N with tert-alkyl or cyclic N) is 1. The molecule has 13 heteroatoms. The van der Waals surface area contributed by atoms with Crippen LogP contribution >= 0.6 is 0 Å². The van der Waals surface area contributed by atoms with Gasteiger partial charge in [0.15, 0.2) is 11.5 Å². The third kappa shape index (κ3) is 9.06. The van der Waals surface area contributed by atoms with Crippen LogP contribution in [0.4, 0.5) is 13.2 Å². The molecule has 1 fully saturated rings. The van der Waals surface area contributed by atoms with Crippen LogP contribution in [0.15, 0.2) is 97.2 Å². The van der Waals surface area contributed by atoms with Gasteiger partial charge in [0.2, 0.25) is 11.4 Å². The quantitative estimate of drug-likeness (QED) is 0.105. The molecule has 1 atom stereocenters. The summed E-state index contributed by atoms with van der Waals surface area (Å²) in [4.78, 5) is 25.9. The Kier molecular flexibility index (Phi) is 12.0. The molecule has 1 aromatic heterocycles. The number of methoxy groups -OCH3 is 2. The van der Waals surface area contributed by atoms with Gasteiger partial charge in [0, 0.05) is 67.4 Å². The first-order valence-electron chi connectivity index (χ1n) is 18.0. The van der Waals surface area contributed by atoms with Crippen LogP contribution in [0.25, 0.3) is 10.9 Å². The highest BCUT2D eigenvalue weighted by Crippen LogP contribution is 2.45. The largest absolute Gasteiger partial charge is 0.493 e.